The van der Waals surface area contributed by atoms with Gasteiger partial charge in [0.1, 0.15) is 6.04 Å². The van der Waals surface area contributed by atoms with Crippen LogP contribution in [0.15, 0.2) is 48.5 Å². The summed E-state index contributed by atoms with van der Waals surface area (Å²) in [6, 6.07) is 18.8. The highest BCUT2D eigenvalue weighted by Crippen LogP contribution is 2.35. The molecule has 3 atom stereocenters. The van der Waals surface area contributed by atoms with Crippen molar-refractivity contribution in [3.8, 4) is 17.2 Å². The predicted molar refractivity (Wildman–Crippen MR) is 150 cm³/mol. The molecule has 3 unspecified atom stereocenters. The molecule has 0 spiro atoms. The third-order valence-electron chi connectivity index (χ3n) is 8.36. The monoisotopic (exact) mass is 501 g/mol. The molecule has 1 amide bonds. The van der Waals surface area contributed by atoms with E-state index in [-0.39, 0.29) is 5.91 Å². The number of nitrogens with one attached hydrogen (secondary N) is 1. The van der Waals surface area contributed by atoms with E-state index in [1.807, 2.05) is 0 Å². The Morgan fingerprint density at radius 1 is 1.05 bits per heavy atom. The number of rotatable bonds is 8. The number of hydrogen-bond acceptors (Lipinski definition) is 5. The summed E-state index contributed by atoms with van der Waals surface area (Å²) in [5, 5.41) is 12.7. The lowest BCUT2D eigenvalue weighted by Gasteiger charge is -2.38. The molecule has 2 aromatic carbocycles. The molecule has 2 aliphatic rings. The van der Waals surface area contributed by atoms with Crippen LogP contribution in [0.1, 0.15) is 50.7 Å². The number of hydrogen-bond donors (Lipinski definition) is 2. The van der Waals surface area contributed by atoms with Gasteiger partial charge >= 0.3 is 0 Å². The second kappa shape index (κ2) is 12.2. The predicted octanol–water partition coefficient (Wildman–Crippen LogP) is 4.20. The third kappa shape index (κ3) is 7.19. The first-order chi connectivity index (χ1) is 17.8. The summed E-state index contributed by atoms with van der Waals surface area (Å²) in [5.74, 6) is 0.783. The minimum atomic E-state index is -0.872. The Balaban J connectivity index is 1.32. The number of benzene rings is 2. The van der Waals surface area contributed by atoms with Crippen molar-refractivity contribution in [2.45, 2.75) is 64.1 Å². The van der Waals surface area contributed by atoms with Crippen LogP contribution in [0.3, 0.4) is 0 Å². The van der Waals surface area contributed by atoms with Crippen LogP contribution in [0.4, 0.5) is 0 Å². The zero-order valence-corrected chi connectivity index (χ0v) is 22.7. The molecule has 4 rings (SSSR count). The number of piperazine rings is 1. The summed E-state index contributed by atoms with van der Waals surface area (Å²) in [6.07, 6.45) is 3.93. The van der Waals surface area contributed by atoms with Gasteiger partial charge in [-0.1, -0.05) is 75.2 Å². The summed E-state index contributed by atoms with van der Waals surface area (Å²) in [5.41, 5.74) is 10.4. The Morgan fingerprint density at radius 2 is 1.65 bits per heavy atom. The van der Waals surface area contributed by atoms with E-state index < -0.39 is 11.6 Å². The molecule has 1 aliphatic heterocycles. The van der Waals surface area contributed by atoms with Crippen molar-refractivity contribution in [1.82, 2.24) is 15.1 Å². The zero-order chi connectivity index (χ0) is 26.4. The number of likely N-dealkylation sites (N-methyl/N-ethyl adjacent to an activating group) is 1. The molecule has 6 heteroatoms. The molecule has 0 bridgehead atoms. The molecule has 37 heavy (non-hydrogen) atoms. The zero-order valence-electron chi connectivity index (χ0n) is 22.7. The Bertz CT molecular complexity index is 1070. The standard InChI is InChI=1S/C31H43N5O/c1-23(2)28-5-4-14-31(33,20-28)30(37)34-29(21-32)19-24-6-10-26(11-7-24)27-12-8-25(9-13-27)22-36-17-15-35(3)16-18-36/h6-13,23,28-29H,4-5,14-20,22,33H2,1-3H3,(H,34,37). The molecule has 1 saturated carbocycles. The Labute approximate surface area is 222 Å². The molecule has 0 aromatic heterocycles. The van der Waals surface area contributed by atoms with Gasteiger partial charge < -0.3 is 16.0 Å². The van der Waals surface area contributed by atoms with Crippen molar-refractivity contribution in [2.75, 3.05) is 33.2 Å². The SMILES string of the molecule is CC(C)C1CCCC(N)(C(=O)NC(C#N)Cc2ccc(-c3ccc(CN4CCN(C)CC4)cc3)cc2)C1. The highest BCUT2D eigenvalue weighted by atomic mass is 16.2. The maximum absolute atomic E-state index is 13.1. The van der Waals surface area contributed by atoms with Gasteiger partial charge in [-0.25, -0.2) is 0 Å². The first-order valence-corrected chi connectivity index (χ1v) is 13.8. The molecule has 1 aliphatic carbocycles. The number of nitrogens with two attached hydrogens (primary N) is 1. The van der Waals surface area contributed by atoms with E-state index in [1.54, 1.807) is 0 Å². The van der Waals surface area contributed by atoms with E-state index in [9.17, 15) is 10.1 Å². The van der Waals surface area contributed by atoms with Gasteiger partial charge in [-0.2, -0.15) is 5.26 Å². The minimum Gasteiger partial charge on any atom is -0.338 e. The fraction of sp³-hybridized carbons (Fsp3) is 0.548. The van der Waals surface area contributed by atoms with Crippen molar-refractivity contribution in [2.24, 2.45) is 17.6 Å². The van der Waals surface area contributed by atoms with Crippen molar-refractivity contribution in [3.05, 3.63) is 59.7 Å². The van der Waals surface area contributed by atoms with Crippen LogP contribution in [0, 0.1) is 23.2 Å². The van der Waals surface area contributed by atoms with Crippen molar-refractivity contribution in [1.29, 1.82) is 5.26 Å². The molecule has 198 valence electrons. The second-order valence-corrected chi connectivity index (χ2v) is 11.6. The summed E-state index contributed by atoms with van der Waals surface area (Å²) < 4.78 is 0. The molecule has 2 fully saturated rings. The minimum absolute atomic E-state index is 0.183. The molecule has 2 aromatic rings. The highest BCUT2D eigenvalue weighted by Gasteiger charge is 2.40. The third-order valence-corrected chi connectivity index (χ3v) is 8.36. The molecule has 1 heterocycles. The average molecular weight is 502 g/mol. The molecular weight excluding hydrogens is 458 g/mol. The van der Waals surface area contributed by atoms with Crippen molar-refractivity contribution < 1.29 is 4.79 Å². The van der Waals surface area contributed by atoms with Crippen LogP contribution in [-0.2, 0) is 17.8 Å². The summed E-state index contributed by atoms with van der Waals surface area (Å²) in [7, 11) is 2.18. The van der Waals surface area contributed by atoms with Gasteiger partial charge in [0.25, 0.3) is 0 Å². The number of nitriles is 1. The highest BCUT2D eigenvalue weighted by molar-refractivity contribution is 5.86. The lowest BCUT2D eigenvalue weighted by atomic mass is 9.71. The van der Waals surface area contributed by atoms with E-state index in [0.717, 1.165) is 56.7 Å². The van der Waals surface area contributed by atoms with Gasteiger partial charge in [-0.3, -0.25) is 9.69 Å². The number of amides is 1. The molecule has 1 saturated heterocycles. The number of carbonyl (C=O) groups is 1. The quantitative estimate of drug-likeness (QED) is 0.566. The van der Waals surface area contributed by atoms with Crippen LogP contribution in [0.2, 0.25) is 0 Å². The molecule has 3 N–H and O–H groups in total. The molecular formula is C31H43N5O. The van der Waals surface area contributed by atoms with E-state index in [0.29, 0.717) is 31.1 Å². The van der Waals surface area contributed by atoms with Crippen LogP contribution >= 0.6 is 0 Å². The van der Waals surface area contributed by atoms with E-state index >= 15 is 0 Å². The maximum atomic E-state index is 13.1. The van der Waals surface area contributed by atoms with E-state index in [4.69, 9.17) is 5.73 Å². The second-order valence-electron chi connectivity index (χ2n) is 11.6. The maximum Gasteiger partial charge on any atom is 0.241 e. The van der Waals surface area contributed by atoms with Gasteiger partial charge in [0, 0.05) is 39.1 Å². The van der Waals surface area contributed by atoms with Crippen molar-refractivity contribution >= 4 is 5.91 Å². The van der Waals surface area contributed by atoms with Crippen molar-refractivity contribution in [3.63, 3.8) is 0 Å². The molecule has 0 radical (unpaired) electrons. The largest absolute Gasteiger partial charge is 0.338 e. The van der Waals surface area contributed by atoms with Gasteiger partial charge in [0.15, 0.2) is 0 Å². The van der Waals surface area contributed by atoms with Crippen LogP contribution in [0.25, 0.3) is 11.1 Å². The summed E-state index contributed by atoms with van der Waals surface area (Å²) >= 11 is 0. The Kier molecular flexibility index (Phi) is 9.02. The Hall–Kier alpha value is -2.72. The number of carbonyl (C=O) groups excluding carboxylic acids is 1. The van der Waals surface area contributed by atoms with Crippen LogP contribution in [0.5, 0.6) is 0 Å². The van der Waals surface area contributed by atoms with Crippen LogP contribution < -0.4 is 11.1 Å². The van der Waals surface area contributed by atoms with E-state index in [2.05, 4.69) is 90.6 Å². The summed E-state index contributed by atoms with van der Waals surface area (Å²) in [6.45, 7) is 9.89. The summed E-state index contributed by atoms with van der Waals surface area (Å²) in [4.78, 5) is 18.0. The topological polar surface area (TPSA) is 85.4 Å². The van der Waals surface area contributed by atoms with Gasteiger partial charge in [-0.05, 0) is 54.0 Å². The first-order valence-electron chi connectivity index (χ1n) is 13.8. The lowest BCUT2D eigenvalue weighted by molar-refractivity contribution is -0.128. The average Bonchev–Trinajstić information content (AvgIpc) is 2.90. The fourth-order valence-electron chi connectivity index (χ4n) is 5.69. The van der Waals surface area contributed by atoms with Gasteiger partial charge in [0.05, 0.1) is 11.6 Å². The smallest absolute Gasteiger partial charge is 0.241 e. The normalized spacial score (nSPS) is 23.9. The lowest BCUT2D eigenvalue weighted by Crippen LogP contribution is -2.58. The number of nitrogens with zero attached hydrogens (tertiary/aromatic N) is 3. The van der Waals surface area contributed by atoms with Crippen LogP contribution in [-0.4, -0.2) is 60.5 Å². The van der Waals surface area contributed by atoms with E-state index in [1.165, 1.54) is 11.1 Å². The van der Waals surface area contributed by atoms with Gasteiger partial charge in [-0.15, -0.1) is 0 Å². The Morgan fingerprint density at radius 3 is 2.22 bits per heavy atom. The van der Waals surface area contributed by atoms with Gasteiger partial charge in [0.2, 0.25) is 5.91 Å². The molecule has 6 nitrogen and oxygen atoms in total. The first kappa shape index (κ1) is 27.3. The fourth-order valence-corrected chi connectivity index (χ4v) is 5.69.